The summed E-state index contributed by atoms with van der Waals surface area (Å²) in [5, 5.41) is 7.61. The Morgan fingerprint density at radius 2 is 2.21 bits per heavy atom. The van der Waals surface area contributed by atoms with Crippen molar-refractivity contribution >= 4 is 17.2 Å². The van der Waals surface area contributed by atoms with Crippen LogP contribution in [0.15, 0.2) is 49.3 Å². The fraction of sp³-hybridized carbons (Fsp3) is 0.333. The molecular formula is C21H26N6O. The predicted molar refractivity (Wildman–Crippen MR) is 112 cm³/mol. The van der Waals surface area contributed by atoms with E-state index in [4.69, 9.17) is 9.72 Å². The van der Waals surface area contributed by atoms with Crippen molar-refractivity contribution in [3.8, 4) is 11.4 Å². The largest absolute Gasteiger partial charge is 0.388 e. The fourth-order valence-electron chi connectivity index (χ4n) is 3.74. The van der Waals surface area contributed by atoms with Crippen LogP contribution < -0.4 is 10.2 Å². The number of allylic oxidation sites excluding steroid dienone is 2. The van der Waals surface area contributed by atoms with Gasteiger partial charge in [0.1, 0.15) is 11.5 Å². The first-order valence-corrected chi connectivity index (χ1v) is 9.49. The fourth-order valence-corrected chi connectivity index (χ4v) is 3.74. The van der Waals surface area contributed by atoms with E-state index in [2.05, 4.69) is 51.5 Å². The Morgan fingerprint density at radius 3 is 2.89 bits per heavy atom. The second kappa shape index (κ2) is 7.52. The van der Waals surface area contributed by atoms with Crippen LogP contribution in [-0.2, 0) is 11.8 Å². The van der Waals surface area contributed by atoms with Crippen molar-refractivity contribution in [1.82, 2.24) is 24.5 Å². The Hall–Kier alpha value is -3.06. The SMILES string of the molecule is C=C/C=C(\NC)c1ccn2c(-c3ccnn3C)cc(N3CCOCC3C)nc12. The number of aromatic nitrogens is 4. The lowest BCUT2D eigenvalue weighted by molar-refractivity contribution is 0.0985. The van der Waals surface area contributed by atoms with Gasteiger partial charge in [0.15, 0.2) is 0 Å². The van der Waals surface area contributed by atoms with Crippen LogP contribution in [0.5, 0.6) is 0 Å². The number of nitrogens with zero attached hydrogens (tertiary/aromatic N) is 5. The van der Waals surface area contributed by atoms with Crippen molar-refractivity contribution in [2.75, 3.05) is 31.7 Å². The second-order valence-electron chi connectivity index (χ2n) is 6.95. The summed E-state index contributed by atoms with van der Waals surface area (Å²) in [6, 6.07) is 6.53. The van der Waals surface area contributed by atoms with Crippen LogP contribution in [0.25, 0.3) is 22.7 Å². The standard InChI is InChI=1S/C21H26N6O/c1-5-6-17(22-3)16-8-10-27-19(18-7-9-23-25(18)4)13-20(24-21(16)27)26-11-12-28-14-15(26)2/h5-10,13,15,22H,1,11-12,14H2,2-4H3/b17-6-. The first kappa shape index (κ1) is 18.3. The smallest absolute Gasteiger partial charge is 0.149 e. The van der Waals surface area contributed by atoms with Crippen LogP contribution in [0.4, 0.5) is 5.82 Å². The molecule has 28 heavy (non-hydrogen) atoms. The lowest BCUT2D eigenvalue weighted by Crippen LogP contribution is -2.44. The highest BCUT2D eigenvalue weighted by Crippen LogP contribution is 2.30. The number of anilines is 1. The molecule has 146 valence electrons. The Morgan fingerprint density at radius 1 is 1.36 bits per heavy atom. The molecule has 4 heterocycles. The summed E-state index contributed by atoms with van der Waals surface area (Å²) in [5.41, 5.74) is 5.01. The summed E-state index contributed by atoms with van der Waals surface area (Å²) in [4.78, 5) is 7.36. The number of rotatable bonds is 5. The zero-order chi connectivity index (χ0) is 19.7. The highest BCUT2D eigenvalue weighted by Gasteiger charge is 2.23. The van der Waals surface area contributed by atoms with Gasteiger partial charge in [-0.3, -0.25) is 9.08 Å². The Labute approximate surface area is 164 Å². The lowest BCUT2D eigenvalue weighted by atomic mass is 10.2. The summed E-state index contributed by atoms with van der Waals surface area (Å²) in [6.45, 7) is 8.25. The number of aryl methyl sites for hydroxylation is 1. The van der Waals surface area contributed by atoms with Gasteiger partial charge in [-0.2, -0.15) is 5.10 Å². The van der Waals surface area contributed by atoms with Gasteiger partial charge in [-0.25, -0.2) is 4.98 Å². The molecule has 3 aromatic rings. The van der Waals surface area contributed by atoms with Gasteiger partial charge in [-0.1, -0.05) is 12.7 Å². The first-order valence-electron chi connectivity index (χ1n) is 9.49. The van der Waals surface area contributed by atoms with Gasteiger partial charge in [-0.05, 0) is 25.1 Å². The molecule has 1 aliphatic rings. The maximum Gasteiger partial charge on any atom is 0.149 e. The molecule has 1 saturated heterocycles. The molecule has 1 aliphatic heterocycles. The molecule has 7 nitrogen and oxygen atoms in total. The van der Waals surface area contributed by atoms with Crippen LogP contribution in [0.2, 0.25) is 0 Å². The van der Waals surface area contributed by atoms with E-state index < -0.39 is 0 Å². The number of fused-ring (bicyclic) bond motifs is 1. The van der Waals surface area contributed by atoms with Crippen LogP contribution in [0.3, 0.4) is 0 Å². The van der Waals surface area contributed by atoms with E-state index in [1.54, 1.807) is 6.08 Å². The van der Waals surface area contributed by atoms with E-state index in [9.17, 15) is 0 Å². The number of ether oxygens (including phenoxy) is 1. The number of morpholine rings is 1. The molecule has 0 saturated carbocycles. The highest BCUT2D eigenvalue weighted by atomic mass is 16.5. The lowest BCUT2D eigenvalue weighted by Gasteiger charge is -2.34. The number of nitrogens with one attached hydrogen (secondary N) is 1. The molecule has 0 spiro atoms. The third-order valence-corrected chi connectivity index (χ3v) is 5.19. The normalized spacial score (nSPS) is 17.9. The average Bonchev–Trinajstić information content (AvgIpc) is 3.32. The van der Waals surface area contributed by atoms with Crippen molar-refractivity contribution in [2.45, 2.75) is 13.0 Å². The molecule has 1 fully saturated rings. The molecule has 0 aromatic carbocycles. The number of hydrogen-bond donors (Lipinski definition) is 1. The minimum Gasteiger partial charge on any atom is -0.388 e. The Kier molecular flexibility index (Phi) is 4.92. The average molecular weight is 378 g/mol. The third kappa shape index (κ3) is 3.07. The summed E-state index contributed by atoms with van der Waals surface area (Å²) < 4.78 is 9.63. The molecule has 4 rings (SSSR count). The van der Waals surface area contributed by atoms with E-state index >= 15 is 0 Å². The molecule has 1 atom stereocenters. The zero-order valence-corrected chi connectivity index (χ0v) is 16.6. The Bertz CT molecular complexity index is 1030. The minimum atomic E-state index is 0.272. The van der Waals surface area contributed by atoms with Gasteiger partial charge in [0.05, 0.1) is 30.6 Å². The molecule has 7 heteroatoms. The number of hydrogen-bond acceptors (Lipinski definition) is 5. The second-order valence-corrected chi connectivity index (χ2v) is 6.95. The van der Waals surface area contributed by atoms with Crippen molar-refractivity contribution < 1.29 is 4.74 Å². The van der Waals surface area contributed by atoms with E-state index in [0.717, 1.165) is 40.7 Å². The van der Waals surface area contributed by atoms with E-state index in [1.807, 2.05) is 37.1 Å². The molecular weight excluding hydrogens is 352 g/mol. The van der Waals surface area contributed by atoms with Crippen LogP contribution >= 0.6 is 0 Å². The molecule has 0 aliphatic carbocycles. The third-order valence-electron chi connectivity index (χ3n) is 5.19. The molecule has 3 aromatic heterocycles. The maximum absolute atomic E-state index is 5.62. The van der Waals surface area contributed by atoms with Gasteiger partial charge in [0.25, 0.3) is 0 Å². The minimum absolute atomic E-state index is 0.272. The summed E-state index contributed by atoms with van der Waals surface area (Å²) >= 11 is 0. The van der Waals surface area contributed by atoms with Crippen molar-refractivity contribution in [3.63, 3.8) is 0 Å². The summed E-state index contributed by atoms with van der Waals surface area (Å²) in [5.74, 6) is 0.952. The topological polar surface area (TPSA) is 59.6 Å². The van der Waals surface area contributed by atoms with Gasteiger partial charge >= 0.3 is 0 Å². The van der Waals surface area contributed by atoms with E-state index in [-0.39, 0.29) is 6.04 Å². The van der Waals surface area contributed by atoms with Crippen molar-refractivity contribution in [2.24, 2.45) is 7.05 Å². The quantitative estimate of drug-likeness (QED) is 0.692. The van der Waals surface area contributed by atoms with Crippen LogP contribution in [0.1, 0.15) is 12.5 Å². The van der Waals surface area contributed by atoms with Crippen molar-refractivity contribution in [1.29, 1.82) is 0 Å². The van der Waals surface area contributed by atoms with Crippen LogP contribution in [0, 0.1) is 0 Å². The first-order chi connectivity index (χ1) is 13.6. The molecule has 0 radical (unpaired) electrons. The van der Waals surface area contributed by atoms with Gasteiger partial charge in [-0.15, -0.1) is 0 Å². The summed E-state index contributed by atoms with van der Waals surface area (Å²) in [7, 11) is 3.87. The van der Waals surface area contributed by atoms with Crippen LogP contribution in [-0.4, -0.2) is 52.0 Å². The molecule has 1 N–H and O–H groups in total. The maximum atomic E-state index is 5.62. The summed E-state index contributed by atoms with van der Waals surface area (Å²) in [6.07, 6.45) is 7.62. The van der Waals surface area contributed by atoms with E-state index in [1.165, 1.54) is 0 Å². The van der Waals surface area contributed by atoms with Gasteiger partial charge < -0.3 is 15.0 Å². The van der Waals surface area contributed by atoms with Crippen molar-refractivity contribution in [3.05, 3.63) is 54.9 Å². The molecule has 0 amide bonds. The molecule has 1 unspecified atom stereocenters. The van der Waals surface area contributed by atoms with Gasteiger partial charge in [0.2, 0.25) is 0 Å². The van der Waals surface area contributed by atoms with E-state index in [0.29, 0.717) is 13.2 Å². The predicted octanol–water partition coefficient (Wildman–Crippen LogP) is 2.71. The van der Waals surface area contributed by atoms with Gasteiger partial charge in [0, 0.05) is 50.4 Å². The monoisotopic (exact) mass is 378 g/mol. The highest BCUT2D eigenvalue weighted by molar-refractivity contribution is 5.79. The molecule has 0 bridgehead atoms. The Balaban J connectivity index is 1.96. The zero-order valence-electron chi connectivity index (χ0n) is 16.6.